The highest BCUT2D eigenvalue weighted by molar-refractivity contribution is 5.68. The van der Waals surface area contributed by atoms with E-state index in [9.17, 15) is 4.79 Å². The van der Waals surface area contributed by atoms with Crippen LogP contribution in [0.5, 0.6) is 0 Å². The van der Waals surface area contributed by atoms with Crippen LogP contribution in [0.3, 0.4) is 0 Å². The van der Waals surface area contributed by atoms with Crippen LogP contribution in [0.15, 0.2) is 0 Å². The largest absolute Gasteiger partial charge is 0.503 e. The fourth-order valence-corrected chi connectivity index (χ4v) is 0. The summed E-state index contributed by atoms with van der Waals surface area (Å²) in [5.41, 5.74) is 4.57. The highest BCUT2D eigenvalue weighted by Gasteiger charge is 1.81. The summed E-state index contributed by atoms with van der Waals surface area (Å²) in [5.74, 6) is -0.968. The van der Waals surface area contributed by atoms with Crippen LogP contribution < -0.4 is 11.9 Å². The fraction of sp³-hybridized carbons (Fsp3) is 0.333. The molecule has 0 aliphatic heterocycles. The van der Waals surface area contributed by atoms with E-state index in [2.05, 4.69) is 5.73 Å². The van der Waals surface area contributed by atoms with E-state index in [1.165, 1.54) is 0 Å². The highest BCUT2D eigenvalue weighted by atomic mass is 16.6. The standard InChI is InChI=1S/C2H5NO2.CH2O3.H3N/c3-1-2(4)5;2-1(3)4;/h1,3H2,(H,4,5);(H2,2,3,4);1H3. The average molecular weight is 154 g/mol. The molecule has 0 aromatic heterocycles. The molecule has 0 unspecified atom stereocenters. The van der Waals surface area contributed by atoms with Gasteiger partial charge in [0.25, 0.3) is 0 Å². The molecule has 10 heavy (non-hydrogen) atoms. The first-order valence-corrected chi connectivity index (χ1v) is 1.84. The molecule has 0 atom stereocenters. The Labute approximate surface area is 56.7 Å². The van der Waals surface area contributed by atoms with Gasteiger partial charge in [0, 0.05) is 0 Å². The Morgan fingerprint density at radius 2 is 1.30 bits per heavy atom. The van der Waals surface area contributed by atoms with Crippen molar-refractivity contribution in [1.82, 2.24) is 6.15 Å². The lowest BCUT2D eigenvalue weighted by molar-refractivity contribution is -0.135. The van der Waals surface area contributed by atoms with Crippen molar-refractivity contribution in [3.63, 3.8) is 0 Å². The van der Waals surface area contributed by atoms with Crippen molar-refractivity contribution in [2.75, 3.05) is 6.54 Å². The maximum absolute atomic E-state index is 9.24. The normalized spacial score (nSPS) is 6.10. The number of aliphatic carboxylic acids is 1. The van der Waals surface area contributed by atoms with Gasteiger partial charge in [0.05, 0.1) is 6.54 Å². The van der Waals surface area contributed by atoms with E-state index in [1.807, 2.05) is 0 Å². The van der Waals surface area contributed by atoms with Crippen LogP contribution in [-0.2, 0) is 4.79 Å². The van der Waals surface area contributed by atoms with E-state index in [-0.39, 0.29) is 12.7 Å². The van der Waals surface area contributed by atoms with Crippen molar-refractivity contribution in [2.45, 2.75) is 0 Å². The van der Waals surface area contributed by atoms with Crippen molar-refractivity contribution in [3.05, 3.63) is 0 Å². The molecule has 0 aromatic rings. The Morgan fingerprint density at radius 1 is 1.20 bits per heavy atom. The lowest BCUT2D eigenvalue weighted by atomic mass is 10.7. The molecule has 0 bridgehead atoms. The van der Waals surface area contributed by atoms with Gasteiger partial charge in [0.15, 0.2) is 0 Å². The van der Waals surface area contributed by atoms with Crippen molar-refractivity contribution < 1.29 is 24.9 Å². The topological polar surface area (TPSA) is 156 Å². The van der Waals surface area contributed by atoms with Gasteiger partial charge in [-0.05, 0) is 0 Å². The SMILES string of the molecule is N.NCC(=O)O.O=C(O)O. The quantitative estimate of drug-likeness (QED) is 0.338. The Kier molecular flexibility index (Phi) is 16.8. The van der Waals surface area contributed by atoms with E-state index in [1.54, 1.807) is 0 Å². The van der Waals surface area contributed by atoms with E-state index in [0.717, 1.165) is 0 Å². The van der Waals surface area contributed by atoms with Gasteiger partial charge in [-0.25, -0.2) is 4.79 Å². The van der Waals surface area contributed by atoms with Gasteiger partial charge >= 0.3 is 12.1 Å². The van der Waals surface area contributed by atoms with Crippen molar-refractivity contribution in [1.29, 1.82) is 0 Å². The van der Waals surface area contributed by atoms with Gasteiger partial charge in [0.1, 0.15) is 0 Å². The first-order chi connectivity index (χ1) is 4.00. The van der Waals surface area contributed by atoms with Gasteiger partial charge in [-0.2, -0.15) is 0 Å². The number of carboxylic acid groups (broad SMARTS) is 3. The van der Waals surface area contributed by atoms with Gasteiger partial charge in [-0.3, -0.25) is 4.79 Å². The second-order valence-corrected chi connectivity index (χ2v) is 0.880. The average Bonchev–Trinajstić information content (AvgIpc) is 1.65. The Hall–Kier alpha value is -1.34. The van der Waals surface area contributed by atoms with E-state index >= 15 is 0 Å². The van der Waals surface area contributed by atoms with Crippen molar-refractivity contribution in [3.8, 4) is 0 Å². The summed E-state index contributed by atoms with van der Waals surface area (Å²) in [6, 6.07) is 0. The lowest BCUT2D eigenvalue weighted by Gasteiger charge is -1.73. The van der Waals surface area contributed by atoms with Crippen LogP contribution >= 0.6 is 0 Å². The molecule has 0 spiro atoms. The Morgan fingerprint density at radius 3 is 1.30 bits per heavy atom. The van der Waals surface area contributed by atoms with Crippen LogP contribution in [-0.4, -0.2) is 34.0 Å². The van der Waals surface area contributed by atoms with Crippen molar-refractivity contribution in [2.24, 2.45) is 5.73 Å². The molecule has 0 aliphatic carbocycles. The number of carboxylic acids is 1. The Bertz CT molecular complexity index is 99.1. The lowest BCUT2D eigenvalue weighted by Crippen LogP contribution is -2.10. The van der Waals surface area contributed by atoms with Gasteiger partial charge in [-0.1, -0.05) is 0 Å². The third-order valence-electron chi connectivity index (χ3n) is 0.175. The molecular weight excluding hydrogens is 144 g/mol. The Balaban J connectivity index is -0.0000000910. The molecule has 7 heteroatoms. The maximum atomic E-state index is 9.24. The summed E-state index contributed by atoms with van der Waals surface area (Å²) < 4.78 is 0. The summed E-state index contributed by atoms with van der Waals surface area (Å²) in [7, 11) is 0. The van der Waals surface area contributed by atoms with Gasteiger partial charge in [-0.15, -0.1) is 0 Å². The minimum Gasteiger partial charge on any atom is -0.480 e. The number of rotatable bonds is 1. The zero-order valence-corrected chi connectivity index (χ0v) is 5.15. The molecule has 0 aromatic carbocycles. The summed E-state index contributed by atoms with van der Waals surface area (Å²) in [6.07, 6.45) is -1.83. The summed E-state index contributed by atoms with van der Waals surface area (Å²) >= 11 is 0. The van der Waals surface area contributed by atoms with Crippen molar-refractivity contribution >= 4 is 12.1 Å². The van der Waals surface area contributed by atoms with Crippen LogP contribution in [0, 0.1) is 0 Å². The predicted octanol–water partition coefficient (Wildman–Crippen LogP) is -0.586. The summed E-state index contributed by atoms with van der Waals surface area (Å²) in [6.45, 7) is -0.278. The van der Waals surface area contributed by atoms with Crippen LogP contribution in [0.25, 0.3) is 0 Å². The monoisotopic (exact) mass is 154 g/mol. The molecule has 0 amide bonds. The van der Waals surface area contributed by atoms with E-state index in [4.69, 9.17) is 20.1 Å². The molecule has 0 aliphatic rings. The second kappa shape index (κ2) is 10.6. The molecule has 0 saturated carbocycles. The molecular formula is C3H10N2O5. The molecule has 0 radical (unpaired) electrons. The second-order valence-electron chi connectivity index (χ2n) is 0.880. The van der Waals surface area contributed by atoms with Crippen LogP contribution in [0.4, 0.5) is 4.79 Å². The molecule has 0 heterocycles. The maximum Gasteiger partial charge on any atom is 0.503 e. The summed E-state index contributed by atoms with van der Waals surface area (Å²) in [5, 5.41) is 21.5. The minimum atomic E-state index is -1.83. The third kappa shape index (κ3) is 490. The van der Waals surface area contributed by atoms with Gasteiger partial charge < -0.3 is 27.2 Å². The zero-order valence-electron chi connectivity index (χ0n) is 5.15. The highest BCUT2D eigenvalue weighted by Crippen LogP contribution is 1.44. The van der Waals surface area contributed by atoms with Crippen LogP contribution in [0.1, 0.15) is 0 Å². The summed E-state index contributed by atoms with van der Waals surface area (Å²) in [4.78, 5) is 17.8. The van der Waals surface area contributed by atoms with E-state index < -0.39 is 12.1 Å². The third-order valence-corrected chi connectivity index (χ3v) is 0.175. The molecule has 0 rings (SSSR count). The van der Waals surface area contributed by atoms with E-state index in [0.29, 0.717) is 0 Å². The first-order valence-electron chi connectivity index (χ1n) is 1.84. The fourth-order valence-electron chi connectivity index (χ4n) is 0. The van der Waals surface area contributed by atoms with Gasteiger partial charge in [0.2, 0.25) is 0 Å². The minimum absolute atomic E-state index is 0. The predicted molar refractivity (Wildman–Crippen MR) is 32.4 cm³/mol. The number of hydrogen-bond donors (Lipinski definition) is 5. The number of hydrogen-bond acceptors (Lipinski definition) is 4. The molecule has 0 saturated heterocycles. The molecule has 62 valence electrons. The van der Waals surface area contributed by atoms with Crippen LogP contribution in [0.2, 0.25) is 0 Å². The first kappa shape index (κ1) is 15.9. The zero-order chi connectivity index (χ0) is 7.86. The smallest absolute Gasteiger partial charge is 0.480 e. The number of nitrogens with two attached hydrogens (primary N) is 1. The molecule has 7 nitrogen and oxygen atoms in total. The molecule has 8 N–H and O–H groups in total. The molecule has 0 fully saturated rings. The number of carbonyl (C=O) groups is 2.